The van der Waals surface area contributed by atoms with Crippen LogP contribution < -0.4 is 4.74 Å². The smallest absolute Gasteiger partial charge is 0.416 e. The Kier molecular flexibility index (Phi) is 10.6. The molecule has 0 saturated carbocycles. The van der Waals surface area contributed by atoms with Gasteiger partial charge in [-0.15, -0.1) is 0 Å². The van der Waals surface area contributed by atoms with Crippen LogP contribution >= 0.6 is 0 Å². The van der Waals surface area contributed by atoms with E-state index in [4.69, 9.17) is 4.74 Å². The van der Waals surface area contributed by atoms with Crippen molar-refractivity contribution < 1.29 is 32.2 Å². The zero-order chi connectivity index (χ0) is 29.4. The Balaban J connectivity index is 1.29. The fourth-order valence-corrected chi connectivity index (χ4v) is 5.96. The maximum absolute atomic E-state index is 15.6. The Morgan fingerprint density at radius 3 is 2.59 bits per heavy atom. The number of alkyl halides is 4. The Bertz CT molecular complexity index is 1280. The fourth-order valence-electron chi connectivity index (χ4n) is 5.96. The molecule has 0 bridgehead atoms. The second-order valence-corrected chi connectivity index (χ2v) is 11.0. The van der Waals surface area contributed by atoms with Crippen LogP contribution in [0, 0.1) is 11.8 Å². The van der Waals surface area contributed by atoms with Gasteiger partial charge in [-0.05, 0) is 117 Å². The van der Waals surface area contributed by atoms with Gasteiger partial charge in [0.2, 0.25) is 0 Å². The predicted octanol–water partition coefficient (Wildman–Crippen LogP) is 7.88. The first-order chi connectivity index (χ1) is 19.6. The minimum Gasteiger partial charge on any atom is -0.497 e. The van der Waals surface area contributed by atoms with Gasteiger partial charge in [0.15, 0.2) is 0 Å². The molecule has 1 aliphatic heterocycles. The Labute approximate surface area is 238 Å². The zero-order valence-electron chi connectivity index (χ0n) is 23.4. The van der Waals surface area contributed by atoms with E-state index < -0.39 is 23.9 Å². The molecule has 4 rings (SSSR count). The third kappa shape index (κ3) is 8.64. The van der Waals surface area contributed by atoms with Gasteiger partial charge in [-0.3, -0.25) is 9.78 Å². The number of carbonyl (C=O) groups is 1. The maximum atomic E-state index is 15.6. The van der Waals surface area contributed by atoms with Crippen molar-refractivity contribution >= 4 is 16.9 Å². The van der Waals surface area contributed by atoms with Crippen LogP contribution in [0.15, 0.2) is 54.7 Å². The van der Waals surface area contributed by atoms with Crippen molar-refractivity contribution in [2.45, 2.75) is 63.7 Å². The van der Waals surface area contributed by atoms with E-state index in [0.717, 1.165) is 67.5 Å². The number of pyridine rings is 1. The third-order valence-corrected chi connectivity index (χ3v) is 8.29. The number of benzene rings is 2. The highest BCUT2D eigenvalue weighted by molar-refractivity contribution is 5.83. The van der Waals surface area contributed by atoms with Gasteiger partial charge in [0.05, 0.1) is 18.2 Å². The minimum atomic E-state index is -4.32. The lowest BCUT2D eigenvalue weighted by Crippen LogP contribution is -2.41. The number of aliphatic carboxylic acids is 1. The SMILES string of the molecule is COc1ccc2nccc(C(F)CC[C@@H]3CCN(CCCCc4ccc(C(F)(F)F)cc4)C[C@@H]3CCC(=O)O)c2c1. The number of fused-ring (bicyclic) bond motifs is 1. The number of ether oxygens (including phenoxy) is 1. The number of piperidine rings is 1. The lowest BCUT2D eigenvalue weighted by Gasteiger charge is -2.39. The molecule has 1 fully saturated rings. The average molecular weight is 575 g/mol. The molecule has 1 unspecified atom stereocenters. The van der Waals surface area contributed by atoms with E-state index in [2.05, 4.69) is 9.88 Å². The standard InChI is InChI=1S/C32H38F4N2O3/c1-41-26-11-13-30-28(20-26)27(15-17-37-30)29(33)12-7-23-16-19-38(21-24(23)8-14-31(39)40)18-3-2-4-22-5-9-25(10-6-22)32(34,35)36/h5-6,9-11,13,15,17,20,23-24,29H,2-4,7-8,12,14,16,18-19,21H2,1H3,(H,39,40)/t23-,24+,29?/m1/s1. The summed E-state index contributed by atoms with van der Waals surface area (Å²) in [7, 11) is 1.58. The summed E-state index contributed by atoms with van der Waals surface area (Å²) in [4.78, 5) is 18.0. The first-order valence-electron chi connectivity index (χ1n) is 14.3. The van der Waals surface area contributed by atoms with Crippen molar-refractivity contribution in [2.75, 3.05) is 26.7 Å². The molecule has 2 aromatic carbocycles. The van der Waals surface area contributed by atoms with Gasteiger partial charge in [-0.2, -0.15) is 13.2 Å². The molecule has 1 aromatic heterocycles. The summed E-state index contributed by atoms with van der Waals surface area (Å²) >= 11 is 0. The van der Waals surface area contributed by atoms with Crippen molar-refractivity contribution in [1.29, 1.82) is 0 Å². The molecule has 3 aromatic rings. The first kappa shape index (κ1) is 30.8. The molecule has 3 atom stereocenters. The number of aromatic nitrogens is 1. The molecule has 0 aliphatic carbocycles. The molecule has 1 saturated heterocycles. The topological polar surface area (TPSA) is 62.7 Å². The Morgan fingerprint density at radius 2 is 1.88 bits per heavy atom. The second kappa shape index (κ2) is 14.1. The highest BCUT2D eigenvalue weighted by Crippen LogP contribution is 2.37. The van der Waals surface area contributed by atoms with E-state index in [1.807, 2.05) is 18.2 Å². The Hall–Kier alpha value is -3.20. The Morgan fingerprint density at radius 1 is 1.10 bits per heavy atom. The minimum absolute atomic E-state index is 0.0940. The maximum Gasteiger partial charge on any atom is 0.416 e. The molecule has 0 radical (unpaired) electrons. The van der Waals surface area contributed by atoms with E-state index in [1.165, 1.54) is 0 Å². The lowest BCUT2D eigenvalue weighted by molar-refractivity contribution is -0.138. The summed E-state index contributed by atoms with van der Waals surface area (Å²) in [5.41, 5.74) is 1.57. The summed E-state index contributed by atoms with van der Waals surface area (Å²) in [6.45, 7) is 2.51. The van der Waals surface area contributed by atoms with Crippen molar-refractivity contribution in [3.05, 3.63) is 71.4 Å². The molecule has 2 heterocycles. The van der Waals surface area contributed by atoms with E-state index in [1.54, 1.807) is 31.5 Å². The van der Waals surface area contributed by atoms with Crippen molar-refractivity contribution in [3.63, 3.8) is 0 Å². The molecule has 0 spiro atoms. The fraction of sp³-hybridized carbons (Fsp3) is 0.500. The number of carboxylic acid groups (broad SMARTS) is 1. The van der Waals surface area contributed by atoms with Gasteiger partial charge in [0.25, 0.3) is 0 Å². The van der Waals surface area contributed by atoms with Gasteiger partial charge < -0.3 is 14.7 Å². The number of unbranched alkanes of at least 4 members (excludes halogenated alkanes) is 1. The van der Waals surface area contributed by atoms with Crippen LogP contribution in [0.4, 0.5) is 17.6 Å². The van der Waals surface area contributed by atoms with E-state index in [9.17, 15) is 23.1 Å². The monoisotopic (exact) mass is 574 g/mol. The van der Waals surface area contributed by atoms with Crippen LogP contribution in [-0.4, -0.2) is 47.7 Å². The normalized spacial score (nSPS) is 18.9. The summed E-state index contributed by atoms with van der Waals surface area (Å²) in [5, 5.41) is 10.0. The lowest BCUT2D eigenvalue weighted by atomic mass is 9.79. The van der Waals surface area contributed by atoms with Crippen LogP contribution in [0.1, 0.15) is 67.8 Å². The summed E-state index contributed by atoms with van der Waals surface area (Å²) < 4.78 is 59.2. The highest BCUT2D eigenvalue weighted by atomic mass is 19.4. The number of hydrogen-bond donors (Lipinski definition) is 1. The van der Waals surface area contributed by atoms with Gasteiger partial charge in [0.1, 0.15) is 11.9 Å². The predicted molar refractivity (Wildman–Crippen MR) is 151 cm³/mol. The number of nitrogens with zero attached hydrogens (tertiary/aromatic N) is 2. The number of hydrogen-bond acceptors (Lipinski definition) is 4. The van der Waals surface area contributed by atoms with Crippen LogP contribution in [0.3, 0.4) is 0 Å². The number of likely N-dealkylation sites (tertiary alicyclic amines) is 1. The molecule has 9 heteroatoms. The van der Waals surface area contributed by atoms with E-state index >= 15 is 4.39 Å². The van der Waals surface area contributed by atoms with Gasteiger partial charge >= 0.3 is 12.1 Å². The number of aryl methyl sites for hydroxylation is 1. The molecule has 5 nitrogen and oxygen atoms in total. The summed E-state index contributed by atoms with van der Waals surface area (Å²) in [6.07, 6.45) is 1.21. The van der Waals surface area contributed by atoms with Crippen molar-refractivity contribution in [1.82, 2.24) is 9.88 Å². The highest BCUT2D eigenvalue weighted by Gasteiger charge is 2.31. The molecular weight excluding hydrogens is 536 g/mol. The first-order valence-corrected chi connectivity index (χ1v) is 14.3. The number of methoxy groups -OCH3 is 1. The number of rotatable bonds is 13. The van der Waals surface area contributed by atoms with Gasteiger partial charge in [-0.1, -0.05) is 12.1 Å². The molecule has 1 aliphatic rings. The zero-order valence-corrected chi connectivity index (χ0v) is 23.4. The van der Waals surface area contributed by atoms with Gasteiger partial charge in [0, 0.05) is 24.5 Å². The van der Waals surface area contributed by atoms with Crippen molar-refractivity contribution in [2.24, 2.45) is 11.8 Å². The molecule has 0 amide bonds. The largest absolute Gasteiger partial charge is 0.497 e. The average Bonchev–Trinajstić information content (AvgIpc) is 2.96. The summed E-state index contributed by atoms with van der Waals surface area (Å²) in [6, 6.07) is 12.5. The number of halogens is 4. The number of carboxylic acids is 1. The van der Waals surface area contributed by atoms with Crippen molar-refractivity contribution in [3.8, 4) is 5.75 Å². The van der Waals surface area contributed by atoms with Crippen LogP contribution in [0.25, 0.3) is 10.9 Å². The molecule has 222 valence electrons. The molecule has 1 N–H and O–H groups in total. The van der Waals surface area contributed by atoms with Crippen LogP contribution in [-0.2, 0) is 17.4 Å². The van der Waals surface area contributed by atoms with Gasteiger partial charge in [-0.25, -0.2) is 4.39 Å². The van der Waals surface area contributed by atoms with Crippen LogP contribution in [0.5, 0.6) is 5.75 Å². The quantitative estimate of drug-likeness (QED) is 0.166. The second-order valence-electron chi connectivity index (χ2n) is 11.0. The molecule has 41 heavy (non-hydrogen) atoms. The van der Waals surface area contributed by atoms with Crippen LogP contribution in [0.2, 0.25) is 0 Å². The van der Waals surface area contributed by atoms with E-state index in [-0.39, 0.29) is 18.3 Å². The summed E-state index contributed by atoms with van der Waals surface area (Å²) in [5.74, 6) is 0.257. The molecular formula is C32H38F4N2O3. The van der Waals surface area contributed by atoms with E-state index in [0.29, 0.717) is 37.0 Å². The third-order valence-electron chi connectivity index (χ3n) is 8.29.